The lowest BCUT2D eigenvalue weighted by Gasteiger charge is -2.45. The Morgan fingerprint density at radius 3 is 1.61 bits per heavy atom. The summed E-state index contributed by atoms with van der Waals surface area (Å²) < 4.78 is 17.6. The van der Waals surface area contributed by atoms with E-state index in [9.17, 15) is 15.3 Å². The third-order valence-corrected chi connectivity index (χ3v) is 5.45. The van der Waals surface area contributed by atoms with E-state index in [4.69, 9.17) is 19.3 Å². The molecule has 7 heteroatoms. The van der Waals surface area contributed by atoms with Crippen LogP contribution in [-0.2, 0) is 27.4 Å². The molecule has 31 heavy (non-hydrogen) atoms. The third kappa shape index (κ3) is 6.57. The van der Waals surface area contributed by atoms with Crippen molar-refractivity contribution in [2.24, 2.45) is 0 Å². The highest BCUT2D eigenvalue weighted by Gasteiger charge is 2.51. The molecule has 1 aliphatic rings. The summed E-state index contributed by atoms with van der Waals surface area (Å²) in [6.07, 6.45) is -5.52. The Kier molecular flexibility index (Phi) is 9.42. The lowest BCUT2D eigenvalue weighted by molar-refractivity contribution is -0.260. The summed E-state index contributed by atoms with van der Waals surface area (Å²) in [5.41, 5.74) is 1.79. The van der Waals surface area contributed by atoms with Crippen LogP contribution >= 0.6 is 0 Å². The van der Waals surface area contributed by atoms with Gasteiger partial charge < -0.3 is 34.6 Å². The van der Waals surface area contributed by atoms with E-state index >= 15 is 0 Å². The molecule has 0 bridgehead atoms. The maximum atomic E-state index is 11.0. The summed E-state index contributed by atoms with van der Waals surface area (Å²) in [5.74, 6) is 0. The normalized spacial score (nSPS) is 28.5. The van der Waals surface area contributed by atoms with E-state index in [1.165, 1.54) is 0 Å². The van der Waals surface area contributed by atoms with Gasteiger partial charge in [0.15, 0.2) is 0 Å². The average Bonchev–Trinajstić information content (AvgIpc) is 2.80. The maximum absolute atomic E-state index is 11.0. The van der Waals surface area contributed by atoms with E-state index in [0.717, 1.165) is 11.1 Å². The molecule has 0 unspecified atom stereocenters. The molecule has 4 N–H and O–H groups in total. The average molecular weight is 433 g/mol. The summed E-state index contributed by atoms with van der Waals surface area (Å²) in [5, 5.41) is 41.4. The first-order valence-electron chi connectivity index (χ1n) is 10.7. The molecule has 170 valence electrons. The number of benzene rings is 2. The standard InChI is InChI=1S/C24H32O7/c25-13-7-8-14-29-24-21(28)22(30-15-17-9-3-1-4-10-17)19(26)20(27)23(24)31-16-18-11-5-2-6-12-18/h1-6,9-12,19-28H,7-8,13-16H2/t19-,20+,21+,22+,23+,24-/m0/s1. The highest BCUT2D eigenvalue weighted by molar-refractivity contribution is 5.15. The molecule has 0 spiro atoms. The van der Waals surface area contributed by atoms with Crippen molar-refractivity contribution >= 4 is 0 Å². The molecule has 3 rings (SSSR count). The summed E-state index contributed by atoms with van der Waals surface area (Å²) >= 11 is 0. The van der Waals surface area contributed by atoms with Crippen LogP contribution in [0, 0.1) is 0 Å². The van der Waals surface area contributed by atoms with Crippen molar-refractivity contribution < 1.29 is 34.6 Å². The Labute approximate surface area is 182 Å². The van der Waals surface area contributed by atoms with Gasteiger partial charge in [0, 0.05) is 13.2 Å². The van der Waals surface area contributed by atoms with Crippen LogP contribution in [0.5, 0.6) is 0 Å². The van der Waals surface area contributed by atoms with Crippen LogP contribution < -0.4 is 0 Å². The summed E-state index contributed by atoms with van der Waals surface area (Å²) in [6, 6.07) is 18.9. The van der Waals surface area contributed by atoms with Crippen LogP contribution in [0.25, 0.3) is 0 Å². The van der Waals surface area contributed by atoms with Gasteiger partial charge >= 0.3 is 0 Å². The highest BCUT2D eigenvalue weighted by Crippen LogP contribution is 2.29. The zero-order valence-corrected chi connectivity index (χ0v) is 17.5. The van der Waals surface area contributed by atoms with Crippen LogP contribution in [0.1, 0.15) is 24.0 Å². The Balaban J connectivity index is 1.69. The number of ether oxygens (including phenoxy) is 3. The lowest BCUT2D eigenvalue weighted by atomic mass is 9.84. The van der Waals surface area contributed by atoms with Gasteiger partial charge in [0.25, 0.3) is 0 Å². The zero-order valence-electron chi connectivity index (χ0n) is 17.5. The predicted molar refractivity (Wildman–Crippen MR) is 114 cm³/mol. The molecule has 1 saturated carbocycles. The van der Waals surface area contributed by atoms with Crippen molar-refractivity contribution in [1.29, 1.82) is 0 Å². The summed E-state index contributed by atoms with van der Waals surface area (Å²) in [4.78, 5) is 0. The van der Waals surface area contributed by atoms with Crippen LogP contribution in [0.2, 0.25) is 0 Å². The van der Waals surface area contributed by atoms with Crippen LogP contribution in [-0.4, -0.2) is 70.3 Å². The third-order valence-electron chi connectivity index (χ3n) is 5.45. The van der Waals surface area contributed by atoms with E-state index in [-0.39, 0.29) is 26.4 Å². The number of hydrogen-bond donors (Lipinski definition) is 4. The van der Waals surface area contributed by atoms with Crippen molar-refractivity contribution in [3.05, 3.63) is 71.8 Å². The SMILES string of the molecule is OCCCCO[C@H]1[C@H](O)[C@H](OCc2ccccc2)[C@@H](O)[C@@H](O)[C@H]1OCc1ccccc1. The molecule has 1 fully saturated rings. The van der Waals surface area contributed by atoms with Gasteiger partial charge in [-0.3, -0.25) is 0 Å². The molecule has 0 radical (unpaired) electrons. The second-order valence-corrected chi connectivity index (χ2v) is 7.76. The minimum absolute atomic E-state index is 0.0503. The fraction of sp³-hybridized carbons (Fsp3) is 0.500. The van der Waals surface area contributed by atoms with Crippen LogP contribution in [0.3, 0.4) is 0 Å². The van der Waals surface area contributed by atoms with Gasteiger partial charge in [-0.1, -0.05) is 60.7 Å². The highest BCUT2D eigenvalue weighted by atomic mass is 16.6. The number of aliphatic hydroxyl groups is 4. The lowest BCUT2D eigenvalue weighted by Crippen LogP contribution is -2.65. The Bertz CT molecular complexity index is 742. The minimum Gasteiger partial charge on any atom is -0.396 e. The fourth-order valence-corrected chi connectivity index (χ4v) is 3.72. The van der Waals surface area contributed by atoms with Crippen molar-refractivity contribution in [2.45, 2.75) is 62.7 Å². The van der Waals surface area contributed by atoms with E-state index in [1.54, 1.807) is 0 Å². The van der Waals surface area contributed by atoms with Crippen molar-refractivity contribution in [2.75, 3.05) is 13.2 Å². The molecular formula is C24H32O7. The Morgan fingerprint density at radius 2 is 1.06 bits per heavy atom. The van der Waals surface area contributed by atoms with E-state index in [2.05, 4.69) is 0 Å². The number of unbranched alkanes of at least 4 members (excludes halogenated alkanes) is 1. The van der Waals surface area contributed by atoms with Gasteiger partial charge in [-0.05, 0) is 24.0 Å². The molecule has 0 heterocycles. The first-order chi connectivity index (χ1) is 15.1. The van der Waals surface area contributed by atoms with E-state index < -0.39 is 36.6 Å². The van der Waals surface area contributed by atoms with Gasteiger partial charge in [0.05, 0.1) is 13.2 Å². The summed E-state index contributed by atoms with van der Waals surface area (Å²) in [6.45, 7) is 0.712. The fourth-order valence-electron chi connectivity index (χ4n) is 3.72. The smallest absolute Gasteiger partial charge is 0.115 e. The van der Waals surface area contributed by atoms with Crippen molar-refractivity contribution in [1.82, 2.24) is 0 Å². The number of rotatable bonds is 11. The Morgan fingerprint density at radius 1 is 0.581 bits per heavy atom. The number of hydrogen-bond acceptors (Lipinski definition) is 7. The monoisotopic (exact) mass is 432 g/mol. The van der Waals surface area contributed by atoms with Gasteiger partial charge in [0.1, 0.15) is 36.6 Å². The van der Waals surface area contributed by atoms with E-state index in [0.29, 0.717) is 12.8 Å². The van der Waals surface area contributed by atoms with Gasteiger partial charge in [-0.15, -0.1) is 0 Å². The van der Waals surface area contributed by atoms with E-state index in [1.807, 2.05) is 60.7 Å². The molecule has 2 aromatic rings. The second-order valence-electron chi connectivity index (χ2n) is 7.76. The second kappa shape index (κ2) is 12.3. The largest absolute Gasteiger partial charge is 0.396 e. The zero-order chi connectivity index (χ0) is 22.1. The molecule has 2 aromatic carbocycles. The molecule has 0 aliphatic heterocycles. The molecule has 0 aromatic heterocycles. The molecule has 0 saturated heterocycles. The van der Waals surface area contributed by atoms with Gasteiger partial charge in [0.2, 0.25) is 0 Å². The molecular weight excluding hydrogens is 400 g/mol. The van der Waals surface area contributed by atoms with Crippen LogP contribution in [0.15, 0.2) is 60.7 Å². The topological polar surface area (TPSA) is 109 Å². The quantitative estimate of drug-likeness (QED) is 0.398. The first-order valence-corrected chi connectivity index (χ1v) is 10.7. The van der Waals surface area contributed by atoms with Crippen LogP contribution in [0.4, 0.5) is 0 Å². The molecule has 6 atom stereocenters. The molecule has 0 amide bonds. The molecule has 7 nitrogen and oxygen atoms in total. The van der Waals surface area contributed by atoms with Gasteiger partial charge in [-0.25, -0.2) is 0 Å². The number of aliphatic hydroxyl groups excluding tert-OH is 4. The van der Waals surface area contributed by atoms with Gasteiger partial charge in [-0.2, -0.15) is 0 Å². The minimum atomic E-state index is -1.34. The maximum Gasteiger partial charge on any atom is 0.115 e. The molecule has 1 aliphatic carbocycles. The summed E-state index contributed by atoms with van der Waals surface area (Å²) in [7, 11) is 0. The van der Waals surface area contributed by atoms with Crippen molar-refractivity contribution in [3.8, 4) is 0 Å². The first kappa shape index (κ1) is 23.8. The van der Waals surface area contributed by atoms with Crippen molar-refractivity contribution in [3.63, 3.8) is 0 Å². The Hall–Kier alpha value is -1.84. The predicted octanol–water partition coefficient (Wildman–Crippen LogP) is 1.41.